The maximum atomic E-state index is 4.32. The van der Waals surface area contributed by atoms with Crippen molar-refractivity contribution in [3.05, 3.63) is 29.6 Å². The summed E-state index contributed by atoms with van der Waals surface area (Å²) in [7, 11) is 0. The van der Waals surface area contributed by atoms with Crippen LogP contribution in [0.1, 0.15) is 31.5 Å². The SMILES string of the molecule is Cc1ncccc1C1(C)CC1C. The van der Waals surface area contributed by atoms with Gasteiger partial charge in [0.05, 0.1) is 0 Å². The van der Waals surface area contributed by atoms with Crippen molar-refractivity contribution in [2.24, 2.45) is 5.92 Å². The zero-order chi connectivity index (χ0) is 8.77. The van der Waals surface area contributed by atoms with E-state index in [0.717, 1.165) is 5.92 Å². The van der Waals surface area contributed by atoms with E-state index >= 15 is 0 Å². The van der Waals surface area contributed by atoms with Gasteiger partial charge in [0.25, 0.3) is 0 Å². The molecule has 1 nitrogen and oxygen atoms in total. The third-order valence-corrected chi connectivity index (χ3v) is 3.28. The third kappa shape index (κ3) is 0.961. The van der Waals surface area contributed by atoms with Gasteiger partial charge in [0.1, 0.15) is 0 Å². The molecule has 1 heteroatoms. The standard InChI is InChI=1S/C11H15N/c1-8-7-11(8,3)10-5-4-6-12-9(10)2/h4-6,8H,7H2,1-3H3. The highest BCUT2D eigenvalue weighted by Crippen LogP contribution is 2.53. The minimum absolute atomic E-state index is 0.429. The van der Waals surface area contributed by atoms with Gasteiger partial charge < -0.3 is 0 Å². The first-order valence-electron chi connectivity index (χ1n) is 4.56. The van der Waals surface area contributed by atoms with E-state index in [4.69, 9.17) is 0 Å². The Morgan fingerprint density at radius 3 is 2.75 bits per heavy atom. The Hall–Kier alpha value is -0.850. The zero-order valence-corrected chi connectivity index (χ0v) is 7.96. The van der Waals surface area contributed by atoms with Crippen LogP contribution >= 0.6 is 0 Å². The van der Waals surface area contributed by atoms with Crippen LogP contribution in [0.25, 0.3) is 0 Å². The number of nitrogens with zero attached hydrogens (tertiary/aromatic N) is 1. The summed E-state index contributed by atoms with van der Waals surface area (Å²) in [6.45, 7) is 6.75. The Bertz CT molecular complexity index is 306. The fraction of sp³-hybridized carbons (Fsp3) is 0.545. The van der Waals surface area contributed by atoms with Crippen LogP contribution in [-0.4, -0.2) is 4.98 Å². The second kappa shape index (κ2) is 2.32. The minimum Gasteiger partial charge on any atom is -0.261 e. The van der Waals surface area contributed by atoms with Crippen LogP contribution in [0.2, 0.25) is 0 Å². The van der Waals surface area contributed by atoms with E-state index in [-0.39, 0.29) is 0 Å². The first-order valence-corrected chi connectivity index (χ1v) is 4.56. The van der Waals surface area contributed by atoms with Crippen LogP contribution in [0.3, 0.4) is 0 Å². The fourth-order valence-electron chi connectivity index (χ4n) is 2.04. The number of aryl methyl sites for hydroxylation is 1. The molecular formula is C11H15N. The molecule has 1 aromatic heterocycles. The first kappa shape index (κ1) is 7.78. The van der Waals surface area contributed by atoms with Gasteiger partial charge in [-0.1, -0.05) is 19.9 Å². The molecule has 2 unspecified atom stereocenters. The predicted molar refractivity (Wildman–Crippen MR) is 50.1 cm³/mol. The Morgan fingerprint density at radius 1 is 1.58 bits per heavy atom. The van der Waals surface area contributed by atoms with Gasteiger partial charge in [0.15, 0.2) is 0 Å². The topological polar surface area (TPSA) is 12.9 Å². The molecule has 0 N–H and O–H groups in total. The largest absolute Gasteiger partial charge is 0.261 e. The van der Waals surface area contributed by atoms with Gasteiger partial charge >= 0.3 is 0 Å². The van der Waals surface area contributed by atoms with E-state index in [1.54, 1.807) is 0 Å². The minimum atomic E-state index is 0.429. The van der Waals surface area contributed by atoms with Crippen molar-refractivity contribution in [2.75, 3.05) is 0 Å². The van der Waals surface area contributed by atoms with Crippen molar-refractivity contribution in [3.63, 3.8) is 0 Å². The second-order valence-electron chi connectivity index (χ2n) is 4.16. The molecule has 1 aliphatic carbocycles. The van der Waals surface area contributed by atoms with Crippen LogP contribution in [-0.2, 0) is 5.41 Å². The summed E-state index contributed by atoms with van der Waals surface area (Å²) in [4.78, 5) is 4.32. The lowest BCUT2D eigenvalue weighted by Gasteiger charge is -2.12. The van der Waals surface area contributed by atoms with Crippen molar-refractivity contribution in [3.8, 4) is 0 Å². The van der Waals surface area contributed by atoms with Crippen molar-refractivity contribution >= 4 is 0 Å². The molecule has 1 fully saturated rings. The smallest absolute Gasteiger partial charge is 0.0410 e. The molecule has 0 saturated heterocycles. The first-order chi connectivity index (χ1) is 5.64. The second-order valence-corrected chi connectivity index (χ2v) is 4.16. The van der Waals surface area contributed by atoms with Crippen LogP contribution in [0.5, 0.6) is 0 Å². The van der Waals surface area contributed by atoms with Crippen LogP contribution in [0.4, 0.5) is 0 Å². The molecule has 2 atom stereocenters. The normalized spacial score (nSPS) is 33.4. The third-order valence-electron chi connectivity index (χ3n) is 3.28. The van der Waals surface area contributed by atoms with Gasteiger partial charge in [-0.2, -0.15) is 0 Å². The van der Waals surface area contributed by atoms with Gasteiger partial charge in [-0.25, -0.2) is 0 Å². The number of hydrogen-bond acceptors (Lipinski definition) is 1. The van der Waals surface area contributed by atoms with E-state index in [1.807, 2.05) is 12.3 Å². The molecule has 12 heavy (non-hydrogen) atoms. The summed E-state index contributed by atoms with van der Waals surface area (Å²) < 4.78 is 0. The highest BCUT2D eigenvalue weighted by atomic mass is 14.7. The van der Waals surface area contributed by atoms with Crippen LogP contribution in [0.15, 0.2) is 18.3 Å². The Kier molecular flexibility index (Phi) is 1.50. The molecule has 0 radical (unpaired) electrons. The van der Waals surface area contributed by atoms with E-state index in [0.29, 0.717) is 5.41 Å². The Labute approximate surface area is 73.8 Å². The molecule has 0 bridgehead atoms. The van der Waals surface area contributed by atoms with Gasteiger partial charge in [0.2, 0.25) is 0 Å². The quantitative estimate of drug-likeness (QED) is 0.617. The van der Waals surface area contributed by atoms with Crippen molar-refractivity contribution in [1.82, 2.24) is 4.98 Å². The summed E-state index contributed by atoms with van der Waals surface area (Å²) >= 11 is 0. The number of pyridine rings is 1. The predicted octanol–water partition coefficient (Wildman–Crippen LogP) is 2.69. The average molecular weight is 161 g/mol. The highest BCUT2D eigenvalue weighted by Gasteiger charge is 2.48. The van der Waals surface area contributed by atoms with Gasteiger partial charge in [-0.15, -0.1) is 0 Å². The lowest BCUT2D eigenvalue weighted by Crippen LogP contribution is -2.06. The molecule has 64 valence electrons. The van der Waals surface area contributed by atoms with Gasteiger partial charge in [-0.05, 0) is 36.3 Å². The maximum Gasteiger partial charge on any atom is 0.0410 e. The lowest BCUT2D eigenvalue weighted by atomic mass is 9.95. The van der Waals surface area contributed by atoms with E-state index in [2.05, 4.69) is 31.8 Å². The molecule has 0 aliphatic heterocycles. The molecule has 0 aromatic carbocycles. The summed E-state index contributed by atoms with van der Waals surface area (Å²) in [5.74, 6) is 0.834. The Balaban J connectivity index is 2.41. The van der Waals surface area contributed by atoms with Crippen molar-refractivity contribution < 1.29 is 0 Å². The van der Waals surface area contributed by atoms with E-state index in [9.17, 15) is 0 Å². The molecule has 0 amide bonds. The molecule has 0 spiro atoms. The zero-order valence-electron chi connectivity index (χ0n) is 7.96. The summed E-state index contributed by atoms with van der Waals surface area (Å²) in [5.41, 5.74) is 3.07. The molecule has 1 aliphatic rings. The van der Waals surface area contributed by atoms with Crippen molar-refractivity contribution in [2.45, 2.75) is 32.6 Å². The molecule has 1 saturated carbocycles. The van der Waals surface area contributed by atoms with Crippen LogP contribution in [0, 0.1) is 12.8 Å². The summed E-state index contributed by atoms with van der Waals surface area (Å²) in [6, 6.07) is 4.25. The fourth-order valence-corrected chi connectivity index (χ4v) is 2.04. The van der Waals surface area contributed by atoms with Gasteiger partial charge in [0, 0.05) is 11.9 Å². The Morgan fingerprint density at radius 2 is 2.25 bits per heavy atom. The highest BCUT2D eigenvalue weighted by molar-refractivity contribution is 5.34. The van der Waals surface area contributed by atoms with E-state index in [1.165, 1.54) is 17.7 Å². The van der Waals surface area contributed by atoms with Crippen molar-refractivity contribution in [1.29, 1.82) is 0 Å². The van der Waals surface area contributed by atoms with Crippen LogP contribution < -0.4 is 0 Å². The average Bonchev–Trinajstić information content (AvgIpc) is 2.61. The number of hydrogen-bond donors (Lipinski definition) is 0. The maximum absolute atomic E-state index is 4.32. The molecule has 2 rings (SSSR count). The number of rotatable bonds is 1. The molecule has 1 heterocycles. The number of aromatic nitrogens is 1. The van der Waals surface area contributed by atoms with Gasteiger partial charge in [-0.3, -0.25) is 4.98 Å². The lowest BCUT2D eigenvalue weighted by molar-refractivity contribution is 0.691. The van der Waals surface area contributed by atoms with E-state index < -0.39 is 0 Å². The monoisotopic (exact) mass is 161 g/mol. The molecule has 1 aromatic rings. The summed E-state index contributed by atoms with van der Waals surface area (Å²) in [5, 5.41) is 0. The molecular weight excluding hydrogens is 146 g/mol. The summed E-state index contributed by atoms with van der Waals surface area (Å²) in [6.07, 6.45) is 3.19.